The molecule has 90 valence electrons. The molecule has 0 atom stereocenters. The van der Waals surface area contributed by atoms with Gasteiger partial charge in [-0.25, -0.2) is 4.98 Å². The molecule has 0 aliphatic rings. The Balaban J connectivity index is 2.34. The predicted molar refractivity (Wildman–Crippen MR) is 58.7 cm³/mol. The fourth-order valence-corrected chi connectivity index (χ4v) is 1.25. The van der Waals surface area contributed by atoms with Crippen LogP contribution in [0.25, 0.3) is 0 Å². The standard InChI is InChI=1S/C10H18N4O2/c1-4-16-6-5-10(15)14(3)7-9-11-8(2)12-13-9/h4-7H2,1-3H3,(H,11,12,13). The van der Waals surface area contributed by atoms with Crippen LogP contribution in [0.5, 0.6) is 0 Å². The number of H-pyrrole nitrogens is 1. The van der Waals surface area contributed by atoms with Crippen LogP contribution in [0.4, 0.5) is 0 Å². The van der Waals surface area contributed by atoms with E-state index in [0.717, 1.165) is 5.82 Å². The summed E-state index contributed by atoms with van der Waals surface area (Å²) in [7, 11) is 1.74. The molecule has 0 aliphatic carbocycles. The number of hydrogen-bond donors (Lipinski definition) is 1. The topological polar surface area (TPSA) is 71.1 Å². The molecule has 1 N–H and O–H groups in total. The Morgan fingerprint density at radius 1 is 1.56 bits per heavy atom. The van der Waals surface area contributed by atoms with Gasteiger partial charge in [0.2, 0.25) is 5.91 Å². The largest absolute Gasteiger partial charge is 0.381 e. The van der Waals surface area contributed by atoms with Crippen molar-refractivity contribution in [1.29, 1.82) is 0 Å². The maximum absolute atomic E-state index is 11.6. The lowest BCUT2D eigenvalue weighted by molar-refractivity contribution is -0.131. The molecule has 0 fully saturated rings. The van der Waals surface area contributed by atoms with Gasteiger partial charge in [-0.05, 0) is 13.8 Å². The number of carbonyl (C=O) groups excluding carboxylic acids is 1. The summed E-state index contributed by atoms with van der Waals surface area (Å²) in [5.41, 5.74) is 0. The molecule has 0 aromatic carbocycles. The van der Waals surface area contributed by atoms with Crippen LogP contribution in [-0.4, -0.2) is 46.2 Å². The minimum absolute atomic E-state index is 0.0379. The molecule has 1 aromatic rings. The van der Waals surface area contributed by atoms with E-state index in [2.05, 4.69) is 15.2 Å². The average molecular weight is 226 g/mol. The molecule has 0 aliphatic heterocycles. The fraction of sp³-hybridized carbons (Fsp3) is 0.700. The molecular weight excluding hydrogens is 208 g/mol. The summed E-state index contributed by atoms with van der Waals surface area (Å²) >= 11 is 0. The zero-order valence-electron chi connectivity index (χ0n) is 9.99. The summed E-state index contributed by atoms with van der Waals surface area (Å²) in [5, 5.41) is 6.71. The number of nitrogens with one attached hydrogen (secondary N) is 1. The zero-order valence-corrected chi connectivity index (χ0v) is 9.99. The normalized spacial score (nSPS) is 10.4. The summed E-state index contributed by atoms with van der Waals surface area (Å²) in [6.07, 6.45) is 0.397. The maximum atomic E-state index is 11.6. The molecule has 0 unspecified atom stereocenters. The number of carbonyl (C=O) groups is 1. The van der Waals surface area contributed by atoms with Crippen molar-refractivity contribution in [3.8, 4) is 0 Å². The lowest BCUT2D eigenvalue weighted by Crippen LogP contribution is -2.27. The molecular formula is C10H18N4O2. The van der Waals surface area contributed by atoms with E-state index in [9.17, 15) is 4.79 Å². The highest BCUT2D eigenvalue weighted by Crippen LogP contribution is 1.99. The zero-order chi connectivity index (χ0) is 12.0. The lowest BCUT2D eigenvalue weighted by Gasteiger charge is -2.14. The van der Waals surface area contributed by atoms with Crippen molar-refractivity contribution in [2.75, 3.05) is 20.3 Å². The van der Waals surface area contributed by atoms with Gasteiger partial charge in [-0.2, -0.15) is 5.10 Å². The van der Waals surface area contributed by atoms with E-state index in [1.54, 1.807) is 11.9 Å². The van der Waals surface area contributed by atoms with Crippen molar-refractivity contribution in [1.82, 2.24) is 20.1 Å². The molecule has 1 amide bonds. The van der Waals surface area contributed by atoms with Gasteiger partial charge in [-0.1, -0.05) is 0 Å². The SMILES string of the molecule is CCOCCC(=O)N(C)Cc1n[nH]c(C)n1. The molecule has 1 rings (SSSR count). The average Bonchev–Trinajstić information content (AvgIpc) is 2.64. The first-order chi connectivity index (χ1) is 7.63. The molecule has 0 saturated carbocycles. The van der Waals surface area contributed by atoms with E-state index in [-0.39, 0.29) is 5.91 Å². The van der Waals surface area contributed by atoms with Gasteiger partial charge < -0.3 is 9.64 Å². The van der Waals surface area contributed by atoms with E-state index < -0.39 is 0 Å². The van der Waals surface area contributed by atoms with Crippen LogP contribution < -0.4 is 0 Å². The summed E-state index contributed by atoms with van der Waals surface area (Å²) in [6, 6.07) is 0. The third-order valence-corrected chi connectivity index (χ3v) is 2.11. The van der Waals surface area contributed by atoms with Gasteiger partial charge >= 0.3 is 0 Å². The molecule has 6 nitrogen and oxygen atoms in total. The van der Waals surface area contributed by atoms with Gasteiger partial charge in [-0.3, -0.25) is 9.89 Å². The van der Waals surface area contributed by atoms with Gasteiger partial charge in [0.1, 0.15) is 5.82 Å². The van der Waals surface area contributed by atoms with Crippen LogP contribution in [0.1, 0.15) is 25.0 Å². The fourth-order valence-electron chi connectivity index (χ4n) is 1.25. The molecule has 0 bridgehead atoms. The quantitative estimate of drug-likeness (QED) is 0.717. The highest BCUT2D eigenvalue weighted by atomic mass is 16.5. The first-order valence-corrected chi connectivity index (χ1v) is 5.33. The molecule has 1 aromatic heterocycles. The van der Waals surface area contributed by atoms with Crippen LogP contribution in [0.15, 0.2) is 0 Å². The minimum Gasteiger partial charge on any atom is -0.381 e. The number of hydrogen-bond acceptors (Lipinski definition) is 4. The number of amides is 1. The second kappa shape index (κ2) is 6.22. The van der Waals surface area contributed by atoms with Crippen LogP contribution in [-0.2, 0) is 16.1 Å². The summed E-state index contributed by atoms with van der Waals surface area (Å²) in [6.45, 7) is 5.26. The van der Waals surface area contributed by atoms with Crippen molar-refractivity contribution in [3.05, 3.63) is 11.6 Å². The number of aromatic amines is 1. The first-order valence-electron chi connectivity index (χ1n) is 5.33. The van der Waals surface area contributed by atoms with Crippen molar-refractivity contribution < 1.29 is 9.53 Å². The number of ether oxygens (including phenoxy) is 1. The van der Waals surface area contributed by atoms with E-state index in [0.29, 0.717) is 32.0 Å². The van der Waals surface area contributed by atoms with Crippen LogP contribution in [0, 0.1) is 6.92 Å². The summed E-state index contributed by atoms with van der Waals surface area (Å²) < 4.78 is 5.12. The summed E-state index contributed by atoms with van der Waals surface area (Å²) in [4.78, 5) is 17.3. The minimum atomic E-state index is 0.0379. The molecule has 0 spiro atoms. The molecule has 16 heavy (non-hydrogen) atoms. The Morgan fingerprint density at radius 2 is 2.31 bits per heavy atom. The van der Waals surface area contributed by atoms with Crippen LogP contribution >= 0.6 is 0 Å². The van der Waals surface area contributed by atoms with Crippen molar-refractivity contribution >= 4 is 5.91 Å². The maximum Gasteiger partial charge on any atom is 0.225 e. The van der Waals surface area contributed by atoms with Gasteiger partial charge in [0.15, 0.2) is 5.82 Å². The van der Waals surface area contributed by atoms with Crippen molar-refractivity contribution in [2.45, 2.75) is 26.8 Å². The van der Waals surface area contributed by atoms with Gasteiger partial charge in [0, 0.05) is 13.7 Å². The first kappa shape index (κ1) is 12.6. The van der Waals surface area contributed by atoms with Crippen molar-refractivity contribution in [2.24, 2.45) is 0 Å². The summed E-state index contributed by atoms with van der Waals surface area (Å²) in [5.74, 6) is 1.42. The lowest BCUT2D eigenvalue weighted by atomic mass is 10.4. The third-order valence-electron chi connectivity index (χ3n) is 2.11. The van der Waals surface area contributed by atoms with Crippen molar-refractivity contribution in [3.63, 3.8) is 0 Å². The van der Waals surface area contributed by atoms with Gasteiger partial charge in [0.25, 0.3) is 0 Å². The van der Waals surface area contributed by atoms with Gasteiger partial charge in [-0.15, -0.1) is 0 Å². The Labute approximate surface area is 95.0 Å². The highest BCUT2D eigenvalue weighted by molar-refractivity contribution is 5.75. The third kappa shape index (κ3) is 3.98. The molecule has 1 heterocycles. The van der Waals surface area contributed by atoms with E-state index in [1.165, 1.54) is 0 Å². The number of aromatic nitrogens is 3. The Bertz CT molecular complexity index is 337. The second-order valence-electron chi connectivity index (χ2n) is 3.53. The van der Waals surface area contributed by atoms with E-state index in [4.69, 9.17) is 4.74 Å². The van der Waals surface area contributed by atoms with Gasteiger partial charge in [0.05, 0.1) is 19.6 Å². The van der Waals surface area contributed by atoms with E-state index in [1.807, 2.05) is 13.8 Å². The predicted octanol–water partition coefficient (Wildman–Crippen LogP) is 0.498. The monoisotopic (exact) mass is 226 g/mol. The number of aryl methyl sites for hydroxylation is 1. The molecule has 0 saturated heterocycles. The second-order valence-corrected chi connectivity index (χ2v) is 3.53. The highest BCUT2D eigenvalue weighted by Gasteiger charge is 2.11. The molecule has 0 radical (unpaired) electrons. The van der Waals surface area contributed by atoms with E-state index >= 15 is 0 Å². The molecule has 6 heteroatoms. The van der Waals surface area contributed by atoms with Crippen LogP contribution in [0.3, 0.4) is 0 Å². The number of nitrogens with zero attached hydrogens (tertiary/aromatic N) is 3. The Kier molecular flexibility index (Phi) is 4.91. The Hall–Kier alpha value is -1.43. The smallest absolute Gasteiger partial charge is 0.225 e. The Morgan fingerprint density at radius 3 is 2.88 bits per heavy atom. The van der Waals surface area contributed by atoms with Crippen LogP contribution in [0.2, 0.25) is 0 Å². The number of rotatable bonds is 6.